The lowest BCUT2D eigenvalue weighted by Crippen LogP contribution is -2.39. The Morgan fingerprint density at radius 3 is 2.35 bits per heavy atom. The maximum Gasteiger partial charge on any atom is 0.233 e. The number of nitrogens with two attached hydrogens (primary N) is 2. The number of rotatable bonds is 9. The number of nitrogens with one attached hydrogen (secondary N) is 1. The molecule has 0 aliphatic rings. The first-order valence-electron chi connectivity index (χ1n) is 5.99. The summed E-state index contributed by atoms with van der Waals surface area (Å²) in [5.41, 5.74) is 7.27. The summed E-state index contributed by atoms with van der Waals surface area (Å²) in [4.78, 5) is 23.7. The zero-order valence-electron chi connectivity index (χ0n) is 10.7. The van der Waals surface area contributed by atoms with E-state index in [2.05, 4.69) is 5.43 Å². The molecule has 0 atom stereocenters. The first kappa shape index (κ1) is 15.9. The van der Waals surface area contributed by atoms with E-state index in [9.17, 15) is 9.59 Å². The van der Waals surface area contributed by atoms with E-state index in [1.54, 1.807) is 0 Å². The molecule has 6 heteroatoms. The number of carbonyl (C=O) groups is 2. The highest BCUT2D eigenvalue weighted by Crippen LogP contribution is 2.04. The van der Waals surface area contributed by atoms with Crippen LogP contribution in [0.3, 0.4) is 0 Å². The SMILES string of the molecule is CC(C)N(CCCCCC(=O)NN)CC(N)=O. The van der Waals surface area contributed by atoms with Gasteiger partial charge in [-0.3, -0.25) is 19.9 Å². The second-order valence-electron chi connectivity index (χ2n) is 4.41. The van der Waals surface area contributed by atoms with E-state index in [4.69, 9.17) is 11.6 Å². The van der Waals surface area contributed by atoms with Gasteiger partial charge in [0.2, 0.25) is 11.8 Å². The molecule has 100 valence electrons. The lowest BCUT2D eigenvalue weighted by atomic mass is 10.1. The summed E-state index contributed by atoms with van der Waals surface area (Å²) in [5, 5.41) is 0. The van der Waals surface area contributed by atoms with Gasteiger partial charge in [-0.05, 0) is 33.2 Å². The number of primary amides is 1. The van der Waals surface area contributed by atoms with Crippen LogP contribution in [0.5, 0.6) is 0 Å². The zero-order chi connectivity index (χ0) is 13.3. The van der Waals surface area contributed by atoms with Crippen LogP contribution in [-0.4, -0.2) is 35.8 Å². The molecule has 0 aromatic rings. The van der Waals surface area contributed by atoms with E-state index in [0.717, 1.165) is 25.8 Å². The van der Waals surface area contributed by atoms with Crippen molar-refractivity contribution in [1.82, 2.24) is 10.3 Å². The minimum atomic E-state index is -0.304. The molecule has 6 nitrogen and oxygen atoms in total. The van der Waals surface area contributed by atoms with Crippen LogP contribution in [0.25, 0.3) is 0 Å². The fraction of sp³-hybridized carbons (Fsp3) is 0.818. The maximum absolute atomic E-state index is 10.9. The first-order chi connectivity index (χ1) is 7.97. The van der Waals surface area contributed by atoms with Crippen LogP contribution >= 0.6 is 0 Å². The number of hydrogen-bond acceptors (Lipinski definition) is 4. The molecule has 0 bridgehead atoms. The van der Waals surface area contributed by atoms with Gasteiger partial charge in [-0.15, -0.1) is 0 Å². The molecule has 5 N–H and O–H groups in total. The van der Waals surface area contributed by atoms with E-state index < -0.39 is 0 Å². The second kappa shape index (κ2) is 8.95. The molecule has 0 saturated carbocycles. The number of carbonyl (C=O) groups excluding carboxylic acids is 2. The summed E-state index contributed by atoms with van der Waals surface area (Å²) in [5.74, 6) is 4.53. The maximum atomic E-state index is 10.9. The summed E-state index contributed by atoms with van der Waals surface area (Å²) >= 11 is 0. The molecule has 0 aromatic carbocycles. The predicted octanol–water partition coefficient (Wildman–Crippen LogP) is -0.268. The molecule has 0 aliphatic carbocycles. The molecular formula is C11H24N4O2. The van der Waals surface area contributed by atoms with Gasteiger partial charge < -0.3 is 5.73 Å². The van der Waals surface area contributed by atoms with Crippen LogP contribution in [-0.2, 0) is 9.59 Å². The molecule has 0 heterocycles. The van der Waals surface area contributed by atoms with Gasteiger partial charge in [-0.25, -0.2) is 5.84 Å². The van der Waals surface area contributed by atoms with Crippen LogP contribution < -0.4 is 17.0 Å². The molecule has 17 heavy (non-hydrogen) atoms. The highest BCUT2D eigenvalue weighted by Gasteiger charge is 2.11. The Balaban J connectivity index is 3.68. The van der Waals surface area contributed by atoms with Crippen molar-refractivity contribution in [3.05, 3.63) is 0 Å². The molecular weight excluding hydrogens is 220 g/mol. The molecule has 0 spiro atoms. The van der Waals surface area contributed by atoms with Crippen molar-refractivity contribution in [2.24, 2.45) is 11.6 Å². The summed E-state index contributed by atoms with van der Waals surface area (Å²) in [6, 6.07) is 0.301. The molecule has 2 amide bonds. The predicted molar refractivity (Wildman–Crippen MR) is 66.7 cm³/mol. The van der Waals surface area contributed by atoms with Crippen molar-refractivity contribution in [1.29, 1.82) is 0 Å². The van der Waals surface area contributed by atoms with Gasteiger partial charge in [-0.1, -0.05) is 6.42 Å². The molecule has 0 unspecified atom stereocenters. The standard InChI is InChI=1S/C11H24N4O2/c1-9(2)15(8-10(12)16)7-5-3-4-6-11(17)14-13/h9H,3-8,13H2,1-2H3,(H2,12,16)(H,14,17). The van der Waals surface area contributed by atoms with Crippen molar-refractivity contribution >= 4 is 11.8 Å². The Morgan fingerprint density at radius 1 is 1.24 bits per heavy atom. The fourth-order valence-electron chi connectivity index (χ4n) is 1.57. The zero-order valence-corrected chi connectivity index (χ0v) is 10.7. The number of hydrazine groups is 1. The van der Waals surface area contributed by atoms with Crippen molar-refractivity contribution in [2.45, 2.75) is 45.6 Å². The van der Waals surface area contributed by atoms with E-state index in [1.807, 2.05) is 18.7 Å². The largest absolute Gasteiger partial charge is 0.369 e. The Bertz CT molecular complexity index is 244. The Morgan fingerprint density at radius 2 is 1.88 bits per heavy atom. The minimum absolute atomic E-state index is 0.136. The van der Waals surface area contributed by atoms with Gasteiger partial charge in [0.25, 0.3) is 0 Å². The van der Waals surface area contributed by atoms with E-state index in [0.29, 0.717) is 19.0 Å². The van der Waals surface area contributed by atoms with Crippen LogP contribution in [0, 0.1) is 0 Å². The number of unbranched alkanes of at least 4 members (excludes halogenated alkanes) is 2. The van der Waals surface area contributed by atoms with E-state index in [-0.39, 0.29) is 11.8 Å². The summed E-state index contributed by atoms with van der Waals surface area (Å²) in [7, 11) is 0. The number of amides is 2. The summed E-state index contributed by atoms with van der Waals surface area (Å²) in [6.45, 7) is 5.18. The molecule has 0 aromatic heterocycles. The van der Waals surface area contributed by atoms with Gasteiger partial charge in [0.15, 0.2) is 0 Å². The molecule has 0 aliphatic heterocycles. The topological polar surface area (TPSA) is 101 Å². The lowest BCUT2D eigenvalue weighted by Gasteiger charge is -2.24. The van der Waals surface area contributed by atoms with Crippen molar-refractivity contribution < 1.29 is 9.59 Å². The Hall–Kier alpha value is -1.14. The minimum Gasteiger partial charge on any atom is -0.369 e. The smallest absolute Gasteiger partial charge is 0.233 e. The van der Waals surface area contributed by atoms with Gasteiger partial charge in [-0.2, -0.15) is 0 Å². The van der Waals surface area contributed by atoms with Crippen molar-refractivity contribution in [3.63, 3.8) is 0 Å². The third-order valence-corrected chi connectivity index (χ3v) is 2.60. The highest BCUT2D eigenvalue weighted by atomic mass is 16.2. The Labute approximate surface area is 103 Å². The van der Waals surface area contributed by atoms with Crippen molar-refractivity contribution in [2.75, 3.05) is 13.1 Å². The third kappa shape index (κ3) is 8.65. The second-order valence-corrected chi connectivity index (χ2v) is 4.41. The van der Waals surface area contributed by atoms with Gasteiger partial charge >= 0.3 is 0 Å². The molecule has 0 saturated heterocycles. The van der Waals surface area contributed by atoms with Gasteiger partial charge in [0.05, 0.1) is 6.54 Å². The average Bonchev–Trinajstić information content (AvgIpc) is 2.25. The van der Waals surface area contributed by atoms with Crippen LogP contribution in [0.2, 0.25) is 0 Å². The quantitative estimate of drug-likeness (QED) is 0.225. The molecule has 0 rings (SSSR count). The fourth-order valence-corrected chi connectivity index (χ4v) is 1.57. The lowest BCUT2D eigenvalue weighted by molar-refractivity contribution is -0.121. The normalized spacial score (nSPS) is 10.9. The monoisotopic (exact) mass is 244 g/mol. The van der Waals surface area contributed by atoms with Crippen LogP contribution in [0.15, 0.2) is 0 Å². The summed E-state index contributed by atoms with van der Waals surface area (Å²) in [6.07, 6.45) is 3.15. The number of hydrogen-bond donors (Lipinski definition) is 3. The Kier molecular flexibility index (Phi) is 8.35. The summed E-state index contributed by atoms with van der Waals surface area (Å²) < 4.78 is 0. The van der Waals surface area contributed by atoms with Gasteiger partial charge in [0, 0.05) is 12.5 Å². The van der Waals surface area contributed by atoms with E-state index in [1.165, 1.54) is 0 Å². The number of nitrogens with zero attached hydrogens (tertiary/aromatic N) is 1. The highest BCUT2D eigenvalue weighted by molar-refractivity contribution is 5.76. The first-order valence-corrected chi connectivity index (χ1v) is 5.99. The van der Waals surface area contributed by atoms with Crippen LogP contribution in [0.4, 0.5) is 0 Å². The van der Waals surface area contributed by atoms with E-state index >= 15 is 0 Å². The average molecular weight is 244 g/mol. The molecule has 0 radical (unpaired) electrons. The molecule has 0 fully saturated rings. The van der Waals surface area contributed by atoms with Crippen LogP contribution in [0.1, 0.15) is 39.5 Å². The van der Waals surface area contributed by atoms with Gasteiger partial charge in [0.1, 0.15) is 0 Å². The van der Waals surface area contributed by atoms with Crippen molar-refractivity contribution in [3.8, 4) is 0 Å². The third-order valence-electron chi connectivity index (χ3n) is 2.60.